The number of rotatable bonds is 0. The molecule has 0 aromatic heterocycles. The van der Waals surface area contributed by atoms with Gasteiger partial charge in [-0.3, -0.25) is 0 Å². The minimum Gasteiger partial charge on any atom is -0.340 e. The third-order valence-corrected chi connectivity index (χ3v) is 2.41. The Bertz CT molecular complexity index is 315. The van der Waals surface area contributed by atoms with Gasteiger partial charge in [0.1, 0.15) is 0 Å². The molecule has 1 aliphatic heterocycles. The predicted molar refractivity (Wildman–Crippen MR) is 45.1 cm³/mol. The monoisotopic (exact) mass is 163 g/mol. The van der Waals surface area contributed by atoms with E-state index in [2.05, 4.69) is 5.32 Å². The summed E-state index contributed by atoms with van der Waals surface area (Å²) in [6.45, 7) is 0. The first-order valence-corrected chi connectivity index (χ1v) is 4.01. The van der Waals surface area contributed by atoms with Crippen LogP contribution in [0.25, 0.3) is 0 Å². The highest BCUT2D eigenvalue weighted by Crippen LogP contribution is 2.38. The standard InChI is InChI=1S/C8H5NOS/c10-5-8-9-6-3-1-2-4-7(6)11-8/h1-4,9H. The number of hydrogen-bond acceptors (Lipinski definition) is 3. The molecule has 2 nitrogen and oxygen atoms in total. The maximum atomic E-state index is 10.2. The average molecular weight is 163 g/mol. The van der Waals surface area contributed by atoms with Crippen molar-refractivity contribution in [3.05, 3.63) is 29.3 Å². The Morgan fingerprint density at radius 1 is 1.36 bits per heavy atom. The Labute approximate surface area is 68.3 Å². The molecule has 0 fully saturated rings. The van der Waals surface area contributed by atoms with Crippen molar-refractivity contribution in [2.45, 2.75) is 4.90 Å². The van der Waals surface area contributed by atoms with Crippen LogP contribution < -0.4 is 5.32 Å². The molecule has 0 atom stereocenters. The molecule has 0 bridgehead atoms. The molecule has 1 aromatic carbocycles. The zero-order valence-corrected chi connectivity index (χ0v) is 6.44. The first kappa shape index (κ1) is 6.53. The summed E-state index contributed by atoms with van der Waals surface area (Å²) in [6, 6.07) is 7.78. The molecule has 0 unspecified atom stereocenters. The van der Waals surface area contributed by atoms with Gasteiger partial charge in [0, 0.05) is 4.90 Å². The molecule has 0 aliphatic carbocycles. The highest BCUT2D eigenvalue weighted by atomic mass is 32.2. The van der Waals surface area contributed by atoms with E-state index in [9.17, 15) is 4.79 Å². The van der Waals surface area contributed by atoms with Crippen molar-refractivity contribution < 1.29 is 4.79 Å². The first-order valence-electron chi connectivity index (χ1n) is 3.19. The molecule has 1 aliphatic rings. The van der Waals surface area contributed by atoms with Crippen LogP contribution in [0.2, 0.25) is 0 Å². The molecule has 0 radical (unpaired) electrons. The molecule has 0 amide bonds. The topological polar surface area (TPSA) is 29.1 Å². The van der Waals surface area contributed by atoms with Crippen molar-refractivity contribution in [3.63, 3.8) is 0 Å². The second-order valence-electron chi connectivity index (χ2n) is 2.15. The number of benzene rings is 1. The van der Waals surface area contributed by atoms with Crippen LogP contribution >= 0.6 is 11.8 Å². The van der Waals surface area contributed by atoms with Gasteiger partial charge in [0.15, 0.2) is 11.0 Å². The number of nitrogens with one attached hydrogen (secondary N) is 1. The first-order chi connectivity index (χ1) is 5.40. The zero-order valence-electron chi connectivity index (χ0n) is 5.63. The quantitative estimate of drug-likeness (QED) is 0.592. The highest BCUT2D eigenvalue weighted by Gasteiger charge is 2.14. The van der Waals surface area contributed by atoms with Gasteiger partial charge in [0.25, 0.3) is 0 Å². The smallest absolute Gasteiger partial charge is 0.163 e. The van der Waals surface area contributed by atoms with Gasteiger partial charge in [-0.2, -0.15) is 0 Å². The van der Waals surface area contributed by atoms with Gasteiger partial charge < -0.3 is 5.32 Å². The SMILES string of the molecule is O=C=C1Nc2ccccc2S1. The molecule has 1 N–H and O–H groups in total. The summed E-state index contributed by atoms with van der Waals surface area (Å²) in [5, 5.41) is 3.49. The van der Waals surface area contributed by atoms with Crippen LogP contribution in [0.4, 0.5) is 5.69 Å². The summed E-state index contributed by atoms with van der Waals surface area (Å²) < 4.78 is 0. The summed E-state index contributed by atoms with van der Waals surface area (Å²) in [6.07, 6.45) is 0. The van der Waals surface area contributed by atoms with Gasteiger partial charge in [-0.1, -0.05) is 23.9 Å². The van der Waals surface area contributed by atoms with Gasteiger partial charge in [-0.05, 0) is 12.1 Å². The van der Waals surface area contributed by atoms with E-state index >= 15 is 0 Å². The molecule has 0 saturated carbocycles. The number of hydrogen-bond donors (Lipinski definition) is 1. The minimum atomic E-state index is 0.547. The van der Waals surface area contributed by atoms with E-state index < -0.39 is 0 Å². The van der Waals surface area contributed by atoms with Crippen LogP contribution in [-0.4, -0.2) is 5.94 Å². The Morgan fingerprint density at radius 2 is 2.18 bits per heavy atom. The summed E-state index contributed by atoms with van der Waals surface area (Å²) in [5.74, 6) is 1.83. The lowest BCUT2D eigenvalue weighted by molar-refractivity contribution is 0.568. The molecule has 1 aromatic rings. The predicted octanol–water partition coefficient (Wildman–Crippen LogP) is 1.88. The van der Waals surface area contributed by atoms with Crippen molar-refractivity contribution in [1.82, 2.24) is 0 Å². The van der Waals surface area contributed by atoms with Crippen molar-refractivity contribution >= 4 is 23.4 Å². The van der Waals surface area contributed by atoms with Crippen LogP contribution in [-0.2, 0) is 4.79 Å². The highest BCUT2D eigenvalue weighted by molar-refractivity contribution is 8.04. The number of para-hydroxylation sites is 1. The van der Waals surface area contributed by atoms with Gasteiger partial charge >= 0.3 is 0 Å². The van der Waals surface area contributed by atoms with Crippen molar-refractivity contribution in [3.8, 4) is 0 Å². The van der Waals surface area contributed by atoms with Crippen LogP contribution in [0.1, 0.15) is 0 Å². The molecule has 1 heterocycles. The molecule has 0 saturated heterocycles. The molecule has 11 heavy (non-hydrogen) atoms. The molecular weight excluding hydrogens is 158 g/mol. The summed E-state index contributed by atoms with van der Waals surface area (Å²) in [5.41, 5.74) is 0.996. The van der Waals surface area contributed by atoms with Gasteiger partial charge in [0.05, 0.1) is 5.69 Å². The number of anilines is 1. The zero-order chi connectivity index (χ0) is 7.68. The maximum Gasteiger partial charge on any atom is 0.163 e. The third-order valence-electron chi connectivity index (χ3n) is 1.44. The number of thioether (sulfide) groups is 1. The summed E-state index contributed by atoms with van der Waals surface area (Å²) in [4.78, 5) is 11.3. The van der Waals surface area contributed by atoms with E-state index in [4.69, 9.17) is 0 Å². The molecular formula is C8H5NOS. The normalized spacial score (nSPS) is 13.6. The van der Waals surface area contributed by atoms with Gasteiger partial charge in [0.2, 0.25) is 0 Å². The maximum absolute atomic E-state index is 10.2. The Hall–Kier alpha value is -1.18. The second kappa shape index (κ2) is 2.46. The molecule has 3 heteroatoms. The van der Waals surface area contributed by atoms with Crippen LogP contribution in [0.3, 0.4) is 0 Å². The summed E-state index contributed by atoms with van der Waals surface area (Å²) in [7, 11) is 0. The fourth-order valence-electron chi connectivity index (χ4n) is 0.963. The van der Waals surface area contributed by atoms with Gasteiger partial charge in [-0.15, -0.1) is 0 Å². The Kier molecular flexibility index (Phi) is 1.46. The van der Waals surface area contributed by atoms with Crippen molar-refractivity contribution in [2.24, 2.45) is 0 Å². The van der Waals surface area contributed by atoms with E-state index in [0.717, 1.165) is 10.6 Å². The van der Waals surface area contributed by atoms with E-state index in [1.54, 1.807) is 0 Å². The Morgan fingerprint density at radius 3 is 2.91 bits per heavy atom. The largest absolute Gasteiger partial charge is 0.340 e. The lowest BCUT2D eigenvalue weighted by Gasteiger charge is -1.92. The molecule has 54 valence electrons. The number of fused-ring (bicyclic) bond motifs is 1. The Balaban J connectivity index is 2.48. The van der Waals surface area contributed by atoms with E-state index in [1.807, 2.05) is 30.2 Å². The fraction of sp³-hybridized carbons (Fsp3) is 0. The third kappa shape index (κ3) is 1.04. The molecule has 0 spiro atoms. The van der Waals surface area contributed by atoms with E-state index in [0.29, 0.717) is 5.03 Å². The lowest BCUT2D eigenvalue weighted by atomic mass is 10.3. The fourth-order valence-corrected chi connectivity index (χ4v) is 1.76. The minimum absolute atomic E-state index is 0.547. The summed E-state index contributed by atoms with van der Waals surface area (Å²) >= 11 is 1.42. The lowest BCUT2D eigenvalue weighted by Crippen LogP contribution is -1.87. The van der Waals surface area contributed by atoms with Crippen LogP contribution in [0.5, 0.6) is 0 Å². The number of carbonyl (C=O) groups excluding carboxylic acids is 1. The van der Waals surface area contributed by atoms with Gasteiger partial charge in [-0.25, -0.2) is 4.79 Å². The van der Waals surface area contributed by atoms with Crippen LogP contribution in [0, 0.1) is 0 Å². The van der Waals surface area contributed by atoms with Crippen molar-refractivity contribution in [2.75, 3.05) is 5.32 Å². The van der Waals surface area contributed by atoms with Crippen molar-refractivity contribution in [1.29, 1.82) is 0 Å². The van der Waals surface area contributed by atoms with E-state index in [1.165, 1.54) is 11.8 Å². The second-order valence-corrected chi connectivity index (χ2v) is 3.21. The average Bonchev–Trinajstić information content (AvgIpc) is 2.46. The van der Waals surface area contributed by atoms with E-state index in [-0.39, 0.29) is 0 Å². The molecule has 2 rings (SSSR count). The van der Waals surface area contributed by atoms with Crippen LogP contribution in [0.15, 0.2) is 34.2 Å².